The molecule has 1 amide bonds. The zero-order valence-electron chi connectivity index (χ0n) is 19.7. The molecular weight excluding hydrogens is 480 g/mol. The van der Waals surface area contributed by atoms with Crippen LogP contribution in [0.1, 0.15) is 22.5 Å². The van der Waals surface area contributed by atoms with Gasteiger partial charge in [-0.15, -0.1) is 10.2 Å². The minimum absolute atomic E-state index is 0.100. The molecule has 4 rings (SSSR count). The zero-order chi connectivity index (χ0) is 25.0. The summed E-state index contributed by atoms with van der Waals surface area (Å²) in [5.41, 5.74) is 4.51. The van der Waals surface area contributed by atoms with Crippen LogP contribution < -0.4 is 5.32 Å². The Morgan fingerprint density at radius 3 is 2.31 bits per heavy atom. The Labute approximate surface area is 209 Å². The Morgan fingerprint density at radius 2 is 1.60 bits per heavy atom. The molecule has 1 N–H and O–H groups in total. The van der Waals surface area contributed by atoms with Gasteiger partial charge in [0.1, 0.15) is 5.75 Å². The Bertz CT molecular complexity index is 1450. The lowest BCUT2D eigenvalue weighted by molar-refractivity contribution is -0.113. The summed E-state index contributed by atoms with van der Waals surface area (Å²) < 4.78 is 27.9. The highest BCUT2D eigenvalue weighted by Gasteiger charge is 2.23. The standard InChI is InChI=1S/C26H26N4O3S2/c1-18-10-13-22(14-11-18)35(32,33)17-24-28-29-26(30(24)21-7-5-4-6-8-21)34-16-25(31)27-23-15-19(2)9-12-20(23)3/h4-15H,16-17H2,1-3H3,(H,27,31). The molecule has 35 heavy (non-hydrogen) atoms. The summed E-state index contributed by atoms with van der Waals surface area (Å²) in [6.07, 6.45) is 0. The number of sulfone groups is 1. The summed E-state index contributed by atoms with van der Waals surface area (Å²) >= 11 is 1.21. The highest BCUT2D eigenvalue weighted by molar-refractivity contribution is 7.99. The van der Waals surface area contributed by atoms with E-state index in [2.05, 4.69) is 15.5 Å². The van der Waals surface area contributed by atoms with Crippen molar-refractivity contribution in [1.29, 1.82) is 0 Å². The molecule has 0 aliphatic heterocycles. The lowest BCUT2D eigenvalue weighted by Gasteiger charge is -2.12. The molecule has 0 saturated heterocycles. The fourth-order valence-corrected chi connectivity index (χ4v) is 5.52. The van der Waals surface area contributed by atoms with Crippen LogP contribution in [0, 0.1) is 20.8 Å². The van der Waals surface area contributed by atoms with Crippen LogP contribution in [0.4, 0.5) is 5.69 Å². The molecule has 0 saturated carbocycles. The van der Waals surface area contributed by atoms with Gasteiger partial charge in [-0.1, -0.05) is 59.8 Å². The van der Waals surface area contributed by atoms with E-state index in [-0.39, 0.29) is 28.1 Å². The van der Waals surface area contributed by atoms with Crippen LogP contribution in [0.3, 0.4) is 0 Å². The number of anilines is 1. The third-order valence-electron chi connectivity index (χ3n) is 5.41. The quantitative estimate of drug-likeness (QED) is 0.342. The molecule has 0 aliphatic carbocycles. The van der Waals surface area contributed by atoms with Gasteiger partial charge >= 0.3 is 0 Å². The molecule has 0 unspecified atom stereocenters. The van der Waals surface area contributed by atoms with Gasteiger partial charge in [-0.2, -0.15) is 0 Å². The summed E-state index contributed by atoms with van der Waals surface area (Å²) in [4.78, 5) is 12.9. The number of carbonyl (C=O) groups is 1. The molecule has 0 spiro atoms. The predicted octanol–water partition coefficient (Wildman–Crippen LogP) is 4.90. The number of hydrogen-bond acceptors (Lipinski definition) is 6. The third kappa shape index (κ3) is 5.98. The molecule has 4 aromatic rings. The van der Waals surface area contributed by atoms with Crippen LogP contribution >= 0.6 is 11.8 Å². The number of amides is 1. The van der Waals surface area contributed by atoms with Gasteiger partial charge in [0.25, 0.3) is 0 Å². The monoisotopic (exact) mass is 506 g/mol. The number of aryl methyl sites for hydroxylation is 3. The van der Waals surface area contributed by atoms with Crippen molar-refractivity contribution in [3.63, 3.8) is 0 Å². The number of aromatic nitrogens is 3. The number of carbonyl (C=O) groups excluding carboxylic acids is 1. The molecular formula is C26H26N4O3S2. The number of nitrogens with zero attached hydrogens (tertiary/aromatic N) is 3. The fourth-order valence-electron chi connectivity index (χ4n) is 3.51. The highest BCUT2D eigenvalue weighted by atomic mass is 32.2. The maximum absolute atomic E-state index is 13.1. The Balaban J connectivity index is 1.58. The van der Waals surface area contributed by atoms with Crippen LogP contribution in [0.15, 0.2) is 82.8 Å². The number of benzene rings is 3. The summed E-state index contributed by atoms with van der Waals surface area (Å²) in [5, 5.41) is 11.8. The van der Waals surface area contributed by atoms with Gasteiger partial charge in [0.2, 0.25) is 5.91 Å². The van der Waals surface area contributed by atoms with Gasteiger partial charge in [0, 0.05) is 11.4 Å². The second kappa shape index (κ2) is 10.5. The lowest BCUT2D eigenvalue weighted by atomic mass is 10.1. The van der Waals surface area contributed by atoms with Crippen molar-refractivity contribution < 1.29 is 13.2 Å². The van der Waals surface area contributed by atoms with Gasteiger partial charge < -0.3 is 5.32 Å². The van der Waals surface area contributed by atoms with Crippen molar-refractivity contribution in [2.45, 2.75) is 36.6 Å². The van der Waals surface area contributed by atoms with Gasteiger partial charge in [-0.05, 0) is 62.2 Å². The summed E-state index contributed by atoms with van der Waals surface area (Å²) in [5.74, 6) is -0.106. The van der Waals surface area contributed by atoms with Crippen LogP contribution in [0.2, 0.25) is 0 Å². The second-order valence-corrected chi connectivity index (χ2v) is 11.2. The number of rotatable bonds is 8. The number of para-hydroxylation sites is 1. The highest BCUT2D eigenvalue weighted by Crippen LogP contribution is 2.25. The number of nitrogens with one attached hydrogen (secondary N) is 1. The average Bonchev–Trinajstić information content (AvgIpc) is 3.22. The predicted molar refractivity (Wildman–Crippen MR) is 139 cm³/mol. The lowest BCUT2D eigenvalue weighted by Crippen LogP contribution is -2.16. The van der Waals surface area contributed by atoms with E-state index in [0.717, 1.165) is 28.1 Å². The van der Waals surface area contributed by atoms with Crippen molar-refractivity contribution in [3.05, 3.63) is 95.3 Å². The van der Waals surface area contributed by atoms with E-state index in [1.54, 1.807) is 28.8 Å². The Hall–Kier alpha value is -3.43. The van der Waals surface area contributed by atoms with Crippen molar-refractivity contribution in [2.75, 3.05) is 11.1 Å². The molecule has 0 aliphatic rings. The Morgan fingerprint density at radius 1 is 0.914 bits per heavy atom. The number of thioether (sulfide) groups is 1. The SMILES string of the molecule is Cc1ccc(S(=O)(=O)Cc2nnc(SCC(=O)Nc3cc(C)ccc3C)n2-c2ccccc2)cc1. The van der Waals surface area contributed by atoms with Crippen LogP contribution in [0.25, 0.3) is 5.69 Å². The van der Waals surface area contributed by atoms with Crippen LogP contribution in [-0.2, 0) is 20.4 Å². The summed E-state index contributed by atoms with van der Waals surface area (Å²) in [7, 11) is -3.64. The maximum Gasteiger partial charge on any atom is 0.234 e. The first-order valence-corrected chi connectivity index (χ1v) is 13.7. The van der Waals surface area contributed by atoms with E-state index in [4.69, 9.17) is 0 Å². The first-order valence-electron chi connectivity index (χ1n) is 11.0. The molecule has 180 valence electrons. The van der Waals surface area contributed by atoms with E-state index >= 15 is 0 Å². The van der Waals surface area contributed by atoms with Crippen molar-refractivity contribution in [1.82, 2.24) is 14.8 Å². The minimum atomic E-state index is -3.64. The van der Waals surface area contributed by atoms with E-state index in [1.807, 2.05) is 69.3 Å². The van der Waals surface area contributed by atoms with E-state index in [1.165, 1.54) is 11.8 Å². The average molecular weight is 507 g/mol. The third-order valence-corrected chi connectivity index (χ3v) is 7.97. The van der Waals surface area contributed by atoms with E-state index < -0.39 is 9.84 Å². The van der Waals surface area contributed by atoms with Crippen molar-refractivity contribution >= 4 is 33.2 Å². The molecule has 0 fully saturated rings. The summed E-state index contributed by atoms with van der Waals surface area (Å²) in [6, 6.07) is 21.9. The smallest absolute Gasteiger partial charge is 0.234 e. The molecule has 0 atom stereocenters. The van der Waals surface area contributed by atoms with E-state index in [0.29, 0.717) is 5.16 Å². The fraction of sp³-hybridized carbons (Fsp3) is 0.192. The van der Waals surface area contributed by atoms with Gasteiger partial charge in [0.05, 0.1) is 10.6 Å². The Kier molecular flexibility index (Phi) is 7.37. The van der Waals surface area contributed by atoms with Crippen LogP contribution in [0.5, 0.6) is 0 Å². The van der Waals surface area contributed by atoms with Crippen LogP contribution in [-0.4, -0.2) is 34.8 Å². The van der Waals surface area contributed by atoms with Gasteiger partial charge in [0.15, 0.2) is 20.8 Å². The molecule has 7 nitrogen and oxygen atoms in total. The summed E-state index contributed by atoms with van der Waals surface area (Å²) in [6.45, 7) is 5.82. The van der Waals surface area contributed by atoms with Gasteiger partial charge in [-0.25, -0.2) is 8.42 Å². The maximum atomic E-state index is 13.1. The molecule has 3 aromatic carbocycles. The first-order chi connectivity index (χ1) is 16.7. The molecule has 1 heterocycles. The number of hydrogen-bond donors (Lipinski definition) is 1. The van der Waals surface area contributed by atoms with E-state index in [9.17, 15) is 13.2 Å². The molecule has 9 heteroatoms. The molecule has 1 aromatic heterocycles. The molecule has 0 radical (unpaired) electrons. The van der Waals surface area contributed by atoms with Crippen molar-refractivity contribution in [3.8, 4) is 5.69 Å². The largest absolute Gasteiger partial charge is 0.325 e. The van der Waals surface area contributed by atoms with Gasteiger partial charge in [-0.3, -0.25) is 9.36 Å². The first kappa shape index (κ1) is 24.7. The second-order valence-electron chi connectivity index (χ2n) is 8.30. The topological polar surface area (TPSA) is 94.0 Å². The molecule has 0 bridgehead atoms. The zero-order valence-corrected chi connectivity index (χ0v) is 21.4. The van der Waals surface area contributed by atoms with Crippen molar-refractivity contribution in [2.24, 2.45) is 0 Å². The minimum Gasteiger partial charge on any atom is -0.325 e. The normalized spacial score (nSPS) is 11.4.